The van der Waals surface area contributed by atoms with Crippen molar-refractivity contribution in [1.29, 1.82) is 0 Å². The predicted octanol–water partition coefficient (Wildman–Crippen LogP) is 7.60. The number of rotatable bonds is 10. The van der Waals surface area contributed by atoms with E-state index in [1.54, 1.807) is 12.3 Å². The van der Waals surface area contributed by atoms with Crippen molar-refractivity contribution in [2.24, 2.45) is 16.3 Å². The lowest BCUT2D eigenvalue weighted by Crippen LogP contribution is -2.33. The molecule has 1 atom stereocenters. The third kappa shape index (κ3) is 7.73. The second-order valence-electron chi connectivity index (χ2n) is 13.6. The van der Waals surface area contributed by atoms with Crippen molar-refractivity contribution >= 4 is 42.4 Å². The number of allylic oxidation sites excluding steroid dienone is 2. The minimum atomic E-state index is -1.29. The van der Waals surface area contributed by atoms with Crippen LogP contribution in [0.2, 0.25) is 25.7 Å². The highest BCUT2D eigenvalue weighted by atomic mass is 28.3. The Bertz CT molecular complexity index is 1630. The Labute approximate surface area is 263 Å². The van der Waals surface area contributed by atoms with Crippen LogP contribution in [-0.4, -0.2) is 56.5 Å². The Kier molecular flexibility index (Phi) is 9.64. The van der Waals surface area contributed by atoms with Gasteiger partial charge < -0.3 is 28.8 Å². The summed E-state index contributed by atoms with van der Waals surface area (Å²) in [6.45, 7) is 12.7. The first-order valence-corrected chi connectivity index (χ1v) is 19.0. The molecule has 0 saturated carbocycles. The van der Waals surface area contributed by atoms with Crippen molar-refractivity contribution < 1.29 is 32.5 Å². The average molecular weight is 641 g/mol. The number of nitrogens with one attached hydrogen (secondary N) is 1. The maximum atomic E-state index is 15.8. The van der Waals surface area contributed by atoms with E-state index in [1.165, 1.54) is 13.2 Å². The van der Waals surface area contributed by atoms with Gasteiger partial charge in [0.15, 0.2) is 11.6 Å². The fourth-order valence-electron chi connectivity index (χ4n) is 5.28. The van der Waals surface area contributed by atoms with E-state index >= 15 is 8.78 Å². The summed E-state index contributed by atoms with van der Waals surface area (Å²) < 4.78 is 55.6. The molecule has 1 N–H and O–H groups in total. The highest BCUT2D eigenvalue weighted by molar-refractivity contribution is 6.76. The zero-order valence-corrected chi connectivity index (χ0v) is 27.8. The first-order chi connectivity index (χ1) is 21.3. The zero-order valence-electron chi connectivity index (χ0n) is 26.8. The smallest absolute Gasteiger partial charge is 0.308 e. The summed E-state index contributed by atoms with van der Waals surface area (Å²) in [7, 11) is 0.108. The van der Waals surface area contributed by atoms with E-state index in [9.17, 15) is 4.79 Å². The van der Waals surface area contributed by atoms with Gasteiger partial charge in [0.2, 0.25) is 5.75 Å². The molecular formula is C33H42F2N4O5Si. The summed E-state index contributed by atoms with van der Waals surface area (Å²) >= 11 is 0. The summed E-state index contributed by atoms with van der Waals surface area (Å²) in [5, 5.41) is 3.44. The van der Waals surface area contributed by atoms with Crippen LogP contribution < -0.4 is 10.1 Å². The molecule has 0 spiro atoms. The maximum absolute atomic E-state index is 15.8. The molecule has 0 bridgehead atoms. The van der Waals surface area contributed by atoms with Gasteiger partial charge in [-0.15, -0.1) is 0 Å². The lowest BCUT2D eigenvalue weighted by Gasteiger charge is -2.28. The largest absolute Gasteiger partial charge is 0.469 e. The summed E-state index contributed by atoms with van der Waals surface area (Å²) in [6.07, 6.45) is 7.27. The molecule has 0 saturated heterocycles. The Morgan fingerprint density at radius 1 is 1.22 bits per heavy atom. The van der Waals surface area contributed by atoms with Crippen molar-refractivity contribution in [2.45, 2.75) is 65.5 Å². The van der Waals surface area contributed by atoms with Gasteiger partial charge in [0.25, 0.3) is 6.02 Å². The van der Waals surface area contributed by atoms with Gasteiger partial charge in [0, 0.05) is 38.1 Å². The first-order valence-electron chi connectivity index (χ1n) is 15.3. The molecule has 1 unspecified atom stereocenters. The topological polar surface area (TPSA) is 96.2 Å². The Morgan fingerprint density at radius 2 is 2.02 bits per heavy atom. The number of fused-ring (bicyclic) bond motifs is 1. The molecule has 12 heteroatoms. The summed E-state index contributed by atoms with van der Waals surface area (Å²) in [4.78, 5) is 21.1. The highest BCUT2D eigenvalue weighted by Gasteiger charge is 2.28. The molecule has 242 valence electrons. The fraction of sp³-hybridized carbons (Fsp3) is 0.485. The number of esters is 1. The van der Waals surface area contributed by atoms with Crippen LogP contribution in [-0.2, 0) is 25.7 Å². The number of benzene rings is 1. The summed E-state index contributed by atoms with van der Waals surface area (Å²) in [5.41, 5.74) is 2.22. The number of nitrogens with zero attached hydrogens (tertiary/aromatic N) is 3. The SMILES string of the molecule is COC(=O)C1CC=C(c2cn(COCC[Si](C)(C)C)c3nccc(Oc4c(F)ccc(NC5=NCC(C)(C)CO5)c4F)c23)CC1. The fourth-order valence-corrected chi connectivity index (χ4v) is 6.03. The molecule has 2 aromatic heterocycles. The molecule has 0 amide bonds. The Morgan fingerprint density at radius 3 is 2.69 bits per heavy atom. The number of pyridine rings is 1. The van der Waals surface area contributed by atoms with Crippen LogP contribution in [0.1, 0.15) is 38.7 Å². The number of halogens is 2. The number of hydrogen-bond donors (Lipinski definition) is 1. The number of amidine groups is 1. The van der Waals surface area contributed by atoms with E-state index in [0.717, 1.165) is 23.2 Å². The number of aromatic nitrogens is 2. The number of carbonyl (C=O) groups excluding carboxylic acids is 1. The second-order valence-corrected chi connectivity index (χ2v) is 19.3. The molecule has 1 aromatic carbocycles. The molecule has 45 heavy (non-hydrogen) atoms. The van der Waals surface area contributed by atoms with Gasteiger partial charge >= 0.3 is 5.97 Å². The standard InChI is InChI=1S/C33H42F2N4O5Si/c1-33(2)18-37-32(43-19-33)38-25-12-11-24(34)29(28(25)35)44-26-13-14-36-30-27(26)23(17-39(30)20-42-15-16-45(4,5)6)21-7-9-22(10-8-21)31(40)41-3/h7,11-14,17,22H,8-10,15-16,18-20H2,1-6H3,(H,37,38). The molecule has 9 nitrogen and oxygen atoms in total. The minimum absolute atomic E-state index is 0.0208. The molecule has 0 radical (unpaired) electrons. The monoisotopic (exact) mass is 640 g/mol. The van der Waals surface area contributed by atoms with E-state index in [2.05, 4.69) is 34.9 Å². The van der Waals surface area contributed by atoms with Gasteiger partial charge in [-0.05, 0) is 49.1 Å². The third-order valence-corrected chi connectivity index (χ3v) is 9.69. The third-order valence-electron chi connectivity index (χ3n) is 7.99. The number of hydrogen-bond acceptors (Lipinski definition) is 8. The summed E-state index contributed by atoms with van der Waals surface area (Å²) in [6, 6.07) is 5.20. The number of methoxy groups -OCH3 is 1. The zero-order chi connectivity index (χ0) is 32.4. The highest BCUT2D eigenvalue weighted by Crippen LogP contribution is 2.41. The number of anilines is 1. The Balaban J connectivity index is 1.49. The maximum Gasteiger partial charge on any atom is 0.308 e. The van der Waals surface area contributed by atoms with Crippen LogP contribution in [0.5, 0.6) is 11.5 Å². The molecule has 3 heterocycles. The van der Waals surface area contributed by atoms with Crippen LogP contribution >= 0.6 is 0 Å². The van der Waals surface area contributed by atoms with Crippen molar-refractivity contribution in [3.8, 4) is 11.5 Å². The van der Waals surface area contributed by atoms with E-state index < -0.39 is 25.5 Å². The average Bonchev–Trinajstić information content (AvgIpc) is 3.38. The van der Waals surface area contributed by atoms with Crippen molar-refractivity contribution in [3.05, 3.63) is 53.9 Å². The number of aliphatic imine (C=N–C) groups is 1. The molecule has 5 rings (SSSR count). The number of carbonyl (C=O) groups is 1. The van der Waals surface area contributed by atoms with Gasteiger partial charge in [0.1, 0.15) is 18.1 Å². The second kappa shape index (κ2) is 13.3. The van der Waals surface area contributed by atoms with Gasteiger partial charge in [-0.1, -0.05) is 39.6 Å². The van der Waals surface area contributed by atoms with E-state index in [4.69, 9.17) is 18.9 Å². The molecule has 3 aromatic rings. The molecule has 0 fully saturated rings. The van der Waals surface area contributed by atoms with Crippen LogP contribution in [0.4, 0.5) is 14.5 Å². The van der Waals surface area contributed by atoms with Crippen molar-refractivity contribution in [2.75, 3.05) is 32.2 Å². The van der Waals surface area contributed by atoms with Gasteiger partial charge in [-0.25, -0.2) is 18.8 Å². The predicted molar refractivity (Wildman–Crippen MR) is 173 cm³/mol. The molecule has 1 aliphatic carbocycles. The van der Waals surface area contributed by atoms with Gasteiger partial charge in [-0.2, -0.15) is 0 Å². The lowest BCUT2D eigenvalue weighted by atomic mass is 9.86. The van der Waals surface area contributed by atoms with Gasteiger partial charge in [-0.3, -0.25) is 4.79 Å². The lowest BCUT2D eigenvalue weighted by molar-refractivity contribution is -0.145. The van der Waals surface area contributed by atoms with E-state index in [1.807, 2.05) is 30.7 Å². The molecule has 2 aliphatic rings. The van der Waals surface area contributed by atoms with Crippen molar-refractivity contribution in [1.82, 2.24) is 9.55 Å². The van der Waals surface area contributed by atoms with Crippen LogP contribution in [0.25, 0.3) is 16.6 Å². The van der Waals surface area contributed by atoms with Crippen molar-refractivity contribution in [3.63, 3.8) is 0 Å². The van der Waals surface area contributed by atoms with E-state index in [0.29, 0.717) is 50.1 Å². The Hall–Kier alpha value is -3.77. The quantitative estimate of drug-likeness (QED) is 0.139. The molecular weight excluding hydrogens is 598 g/mol. The number of ether oxygens (including phenoxy) is 4. The van der Waals surface area contributed by atoms with Crippen LogP contribution in [0.3, 0.4) is 0 Å². The molecule has 1 aliphatic heterocycles. The normalized spacial score (nSPS) is 18.2. The van der Waals surface area contributed by atoms with Crippen LogP contribution in [0, 0.1) is 23.0 Å². The summed E-state index contributed by atoms with van der Waals surface area (Å²) in [5.74, 6) is -2.53. The van der Waals surface area contributed by atoms with Gasteiger partial charge in [0.05, 0.1) is 37.3 Å². The van der Waals surface area contributed by atoms with Crippen LogP contribution in [0.15, 0.2) is 41.7 Å². The first kappa shape index (κ1) is 32.6. The van der Waals surface area contributed by atoms with E-state index in [-0.39, 0.29) is 41.5 Å². The minimum Gasteiger partial charge on any atom is -0.469 e.